The van der Waals surface area contributed by atoms with Gasteiger partial charge in [0.1, 0.15) is 8.47 Å². The molecule has 0 saturated heterocycles. The third-order valence-corrected chi connectivity index (χ3v) is 14.5. The van der Waals surface area contributed by atoms with Crippen molar-refractivity contribution in [1.29, 1.82) is 0 Å². The lowest BCUT2D eigenvalue weighted by atomic mass is 10.0. The molecular formula is C37H52N2O21S3. The molecule has 2 aliphatic heterocycles. The Kier molecular flexibility index (Phi) is 19.8. The van der Waals surface area contributed by atoms with Gasteiger partial charge in [-0.05, 0) is 86.9 Å². The van der Waals surface area contributed by atoms with E-state index in [1.165, 1.54) is 26.8 Å². The highest BCUT2D eigenvalue weighted by atomic mass is 32.3. The molecule has 2 N–H and O–H groups in total. The number of esters is 8. The molecule has 2 heterocycles. The van der Waals surface area contributed by atoms with Gasteiger partial charge in [0.05, 0.1) is 11.3 Å². The van der Waals surface area contributed by atoms with Gasteiger partial charge in [-0.25, -0.2) is 55.1 Å². The molecule has 354 valence electrons. The van der Waals surface area contributed by atoms with E-state index in [0.29, 0.717) is 23.9 Å². The van der Waals surface area contributed by atoms with Gasteiger partial charge in [-0.1, -0.05) is 25.6 Å². The van der Waals surface area contributed by atoms with E-state index in [9.17, 15) is 60.0 Å². The monoisotopic (exact) mass is 956 g/mol. The molecule has 2 rings (SSSR count). The predicted octanol–water partition coefficient (Wildman–Crippen LogP) is 0.281. The molecule has 0 bridgehead atoms. The van der Waals surface area contributed by atoms with Gasteiger partial charge in [0.2, 0.25) is 0 Å². The van der Waals surface area contributed by atoms with Gasteiger partial charge in [0.15, 0.2) is 58.7 Å². The summed E-state index contributed by atoms with van der Waals surface area (Å²) in [5.41, 5.74) is 0.509. The number of hydrogen-bond donors (Lipinski definition) is 2. The molecule has 23 nitrogen and oxygen atoms in total. The molecule has 0 saturated carbocycles. The van der Waals surface area contributed by atoms with Crippen LogP contribution < -0.4 is 10.0 Å². The normalized spacial score (nSPS) is 20.5. The summed E-state index contributed by atoms with van der Waals surface area (Å²) in [6.07, 6.45) is -11.6. The molecule has 0 radical (unpaired) electrons. The maximum Gasteiger partial charge on any atom is 0.347 e. The summed E-state index contributed by atoms with van der Waals surface area (Å²) in [7, 11) is -8.47. The summed E-state index contributed by atoms with van der Waals surface area (Å²) in [6.45, 7) is 13.8. The van der Waals surface area contributed by atoms with E-state index >= 15 is 0 Å². The second-order valence-electron chi connectivity index (χ2n) is 14.0. The minimum Gasteiger partial charge on any atom is -0.451 e. The Morgan fingerprint density at radius 2 is 0.952 bits per heavy atom. The lowest BCUT2D eigenvalue weighted by Crippen LogP contribution is -2.42. The summed E-state index contributed by atoms with van der Waals surface area (Å²) in [5, 5.41) is 2.24. The molecule has 0 aromatic carbocycles. The van der Waals surface area contributed by atoms with Crippen LogP contribution in [0.3, 0.4) is 0 Å². The Morgan fingerprint density at radius 1 is 0.619 bits per heavy atom. The molecule has 0 fully saturated rings. The number of hydrogen-bond acceptors (Lipinski definition) is 23. The maximum absolute atomic E-state index is 13.2. The smallest absolute Gasteiger partial charge is 0.347 e. The zero-order valence-electron chi connectivity index (χ0n) is 36.3. The Hall–Kier alpha value is -5.08. The van der Waals surface area contributed by atoms with E-state index in [4.69, 9.17) is 37.9 Å². The first-order valence-electron chi connectivity index (χ1n) is 19.4. The van der Waals surface area contributed by atoms with Gasteiger partial charge < -0.3 is 43.2 Å². The molecule has 0 spiro atoms. The van der Waals surface area contributed by atoms with Gasteiger partial charge in [-0.2, -0.15) is 0 Å². The summed E-state index contributed by atoms with van der Waals surface area (Å²) in [5.74, 6) is -10.6. The minimum atomic E-state index is -4.66. The fourth-order valence-electron chi connectivity index (χ4n) is 4.98. The molecule has 0 aromatic heterocycles. The standard InChI is InChI=1S/C37H52N2O21S3/c1-12-27(40)53-18(5)30(42)55-20(7)32(44)57-22(9)34(46)59-24(11)36(48)60-23(10)35(47)58-21(8)33(45)56-19(6)31(43)54-17(4)29(41)39-63(51,52)28-15-26(38-13-2)25-14-16(3)62(49,50)37(25)61-28/h15-24,26,38H,12-14H2,1-11H3,(H,39,41)/t16-,17-,18-,19-,20-,21-,22-,23-,24-,26-/m0/s1. The Balaban J connectivity index is 1.85. The summed E-state index contributed by atoms with van der Waals surface area (Å²) in [6, 6.07) is -0.731. The van der Waals surface area contributed by atoms with Crippen LogP contribution in [0.25, 0.3) is 0 Å². The Bertz CT molecular complexity index is 2100. The van der Waals surface area contributed by atoms with Crippen molar-refractivity contribution in [2.75, 3.05) is 6.54 Å². The number of carbonyl (C=O) groups is 9. The van der Waals surface area contributed by atoms with Crippen molar-refractivity contribution in [3.63, 3.8) is 0 Å². The van der Waals surface area contributed by atoms with E-state index < -0.39 is 138 Å². The topological polar surface area (TPSA) is 320 Å². The number of sulfonamides is 1. The first-order valence-corrected chi connectivity index (χ1v) is 23.2. The highest BCUT2D eigenvalue weighted by Crippen LogP contribution is 2.48. The van der Waals surface area contributed by atoms with Gasteiger partial charge in [0, 0.05) is 6.42 Å². The number of carbonyl (C=O) groups excluding carboxylic acids is 9. The average molecular weight is 957 g/mol. The average Bonchev–Trinajstić information content (AvgIpc) is 3.43. The van der Waals surface area contributed by atoms with Crippen LogP contribution in [0, 0.1) is 0 Å². The number of nitrogens with one attached hydrogen (secondary N) is 2. The van der Waals surface area contributed by atoms with E-state index in [2.05, 4.69) is 5.32 Å². The van der Waals surface area contributed by atoms with Crippen LogP contribution >= 0.6 is 11.8 Å². The predicted molar refractivity (Wildman–Crippen MR) is 215 cm³/mol. The Labute approximate surface area is 367 Å². The highest BCUT2D eigenvalue weighted by Gasteiger charge is 2.44. The third kappa shape index (κ3) is 15.0. The fourth-order valence-corrected chi connectivity index (χ4v) is 10.1. The zero-order valence-corrected chi connectivity index (χ0v) is 38.7. The molecule has 2 aliphatic rings. The molecule has 26 heteroatoms. The van der Waals surface area contributed by atoms with Gasteiger partial charge in [-0.15, -0.1) is 0 Å². The van der Waals surface area contributed by atoms with Crippen LogP contribution in [0.5, 0.6) is 0 Å². The van der Waals surface area contributed by atoms with Crippen molar-refractivity contribution < 1.29 is 97.9 Å². The maximum atomic E-state index is 13.2. The van der Waals surface area contributed by atoms with Crippen molar-refractivity contribution in [3.8, 4) is 0 Å². The number of amides is 1. The summed E-state index contributed by atoms with van der Waals surface area (Å²) >= 11 is 0.483. The van der Waals surface area contributed by atoms with Crippen LogP contribution in [-0.2, 0) is 101 Å². The van der Waals surface area contributed by atoms with Crippen molar-refractivity contribution in [2.45, 2.75) is 149 Å². The van der Waals surface area contributed by atoms with Crippen molar-refractivity contribution >= 4 is 85.3 Å². The van der Waals surface area contributed by atoms with E-state index in [1.54, 1.807) is 11.6 Å². The largest absolute Gasteiger partial charge is 0.451 e. The van der Waals surface area contributed by atoms with Gasteiger partial charge in [-0.3, -0.25) is 9.59 Å². The van der Waals surface area contributed by atoms with E-state index in [1.807, 2.05) is 0 Å². The summed E-state index contributed by atoms with van der Waals surface area (Å²) in [4.78, 5) is 111. The molecule has 1 amide bonds. The third-order valence-electron chi connectivity index (χ3n) is 8.69. The second kappa shape index (κ2) is 23.0. The SMILES string of the molecule is CCN[C@H]1C=C(S(=O)(=O)NC(=O)[C@H](C)OC(=O)[C@H](C)OC(=O)[C@H](C)OC(=O)[C@H](C)OC(=O)[C@H](C)OC(=O)[C@H](C)OC(=O)[C@H](C)OC(=O)[C@H](C)OC(=O)CC)SC2=C1C[C@H](C)S2(=O)=O. The summed E-state index contributed by atoms with van der Waals surface area (Å²) < 4.78 is 92.5. The van der Waals surface area contributed by atoms with Crippen LogP contribution in [0.2, 0.25) is 0 Å². The fraction of sp³-hybridized carbons (Fsp3) is 0.649. The van der Waals surface area contributed by atoms with Crippen molar-refractivity contribution in [3.05, 3.63) is 20.1 Å². The molecule has 10 atom stereocenters. The number of likely N-dealkylation sites (N-methyl/N-ethyl adjacent to an activating group) is 1. The lowest BCUT2D eigenvalue weighted by Gasteiger charge is -2.23. The number of rotatable bonds is 21. The van der Waals surface area contributed by atoms with Crippen LogP contribution in [0.1, 0.15) is 89.0 Å². The number of ether oxygens (including phenoxy) is 8. The first-order chi connectivity index (χ1) is 29.1. The van der Waals surface area contributed by atoms with Crippen LogP contribution in [-0.4, -0.2) is 137 Å². The zero-order chi connectivity index (χ0) is 48.3. The van der Waals surface area contributed by atoms with E-state index in [0.717, 1.165) is 48.5 Å². The Morgan fingerprint density at radius 3 is 1.29 bits per heavy atom. The van der Waals surface area contributed by atoms with Gasteiger partial charge >= 0.3 is 47.8 Å². The number of sulfone groups is 1. The first kappa shape index (κ1) is 54.1. The highest BCUT2D eigenvalue weighted by molar-refractivity contribution is 8.28. The van der Waals surface area contributed by atoms with Gasteiger partial charge in [0.25, 0.3) is 15.9 Å². The lowest BCUT2D eigenvalue weighted by molar-refractivity contribution is -0.189. The van der Waals surface area contributed by atoms with E-state index in [-0.39, 0.29) is 17.1 Å². The molecule has 0 aliphatic carbocycles. The molecule has 0 aromatic rings. The molecular weight excluding hydrogens is 905 g/mol. The number of thioether (sulfide) groups is 1. The van der Waals surface area contributed by atoms with Crippen LogP contribution in [0.4, 0.5) is 0 Å². The van der Waals surface area contributed by atoms with Crippen LogP contribution in [0.15, 0.2) is 20.1 Å². The quantitative estimate of drug-likeness (QED) is 0.115. The molecule has 63 heavy (non-hydrogen) atoms. The second-order valence-corrected chi connectivity index (χ2v) is 19.5. The van der Waals surface area contributed by atoms with Crippen molar-refractivity contribution in [1.82, 2.24) is 10.0 Å². The van der Waals surface area contributed by atoms with Crippen molar-refractivity contribution in [2.24, 2.45) is 0 Å². The molecule has 0 unspecified atom stereocenters. The minimum absolute atomic E-state index is 0.00730.